The lowest BCUT2D eigenvalue weighted by Gasteiger charge is -2.34. The first kappa shape index (κ1) is 28.0. The second-order valence-electron chi connectivity index (χ2n) is 10.8. The van der Waals surface area contributed by atoms with E-state index in [-0.39, 0.29) is 12.0 Å². The summed E-state index contributed by atoms with van der Waals surface area (Å²) in [5.41, 5.74) is 6.33. The quantitative estimate of drug-likeness (QED) is 0.492. The normalized spacial score (nSPS) is 16.2. The van der Waals surface area contributed by atoms with E-state index in [0.717, 1.165) is 42.4 Å². The van der Waals surface area contributed by atoms with Crippen molar-refractivity contribution in [3.05, 3.63) is 58.5 Å². The number of alkyl carbamates (subject to hydrolysis) is 1. The Morgan fingerprint density at radius 2 is 1.59 bits per heavy atom. The number of benzene rings is 1. The topological polar surface area (TPSA) is 133 Å². The summed E-state index contributed by atoms with van der Waals surface area (Å²) >= 11 is 0. The van der Waals surface area contributed by atoms with Crippen LogP contribution in [0.2, 0.25) is 0 Å². The smallest absolute Gasteiger partial charge is 0.408 e. The Balaban J connectivity index is 1.76. The van der Waals surface area contributed by atoms with Crippen LogP contribution < -0.4 is 21.9 Å². The molecule has 9 nitrogen and oxygen atoms in total. The Kier molecular flexibility index (Phi) is 8.78. The zero-order valence-corrected chi connectivity index (χ0v) is 22.1. The number of rotatable bonds is 7. The van der Waals surface area contributed by atoms with Crippen molar-refractivity contribution in [3.63, 3.8) is 0 Å². The van der Waals surface area contributed by atoms with Crippen LogP contribution in [0, 0.1) is 0 Å². The number of nitrogens with two attached hydrogens (primary N) is 1. The van der Waals surface area contributed by atoms with Crippen molar-refractivity contribution in [2.75, 3.05) is 0 Å². The lowest BCUT2D eigenvalue weighted by atomic mass is 9.88. The number of aryl methyl sites for hydroxylation is 1. The van der Waals surface area contributed by atoms with Crippen molar-refractivity contribution < 1.29 is 19.1 Å². The van der Waals surface area contributed by atoms with E-state index in [1.165, 1.54) is 10.6 Å². The van der Waals surface area contributed by atoms with E-state index in [1.54, 1.807) is 40.1 Å². The molecule has 1 unspecified atom stereocenters. The minimum atomic E-state index is -1.17. The number of nitrogens with one attached hydrogen (secondary N) is 2. The number of pyridine rings is 1. The number of carbonyl (C=O) groups is 3. The van der Waals surface area contributed by atoms with Gasteiger partial charge in [-0.25, -0.2) is 4.79 Å². The van der Waals surface area contributed by atoms with Gasteiger partial charge < -0.3 is 25.7 Å². The van der Waals surface area contributed by atoms with E-state index in [4.69, 9.17) is 10.5 Å². The first-order valence-corrected chi connectivity index (χ1v) is 12.8. The number of nitrogens with zero attached hydrogens (tertiary/aromatic N) is 1. The first-order chi connectivity index (χ1) is 17.4. The summed E-state index contributed by atoms with van der Waals surface area (Å²) < 4.78 is 6.94. The van der Waals surface area contributed by atoms with E-state index in [2.05, 4.69) is 10.6 Å². The highest BCUT2D eigenvalue weighted by Crippen LogP contribution is 2.28. The second-order valence-corrected chi connectivity index (χ2v) is 10.8. The molecule has 1 aromatic heterocycles. The van der Waals surface area contributed by atoms with Gasteiger partial charge in [0.15, 0.2) is 0 Å². The average Bonchev–Trinajstić information content (AvgIpc) is 3.06. The fourth-order valence-corrected chi connectivity index (χ4v) is 4.59. The molecule has 0 saturated heterocycles. The number of amides is 3. The third-order valence-corrected chi connectivity index (χ3v) is 6.59. The van der Waals surface area contributed by atoms with Gasteiger partial charge >= 0.3 is 6.09 Å². The summed E-state index contributed by atoms with van der Waals surface area (Å²) in [5.74, 6) is -1.08. The Morgan fingerprint density at radius 1 is 1.00 bits per heavy atom. The van der Waals surface area contributed by atoms with Crippen LogP contribution in [0.5, 0.6) is 0 Å². The minimum absolute atomic E-state index is 0.0898. The van der Waals surface area contributed by atoms with Crippen molar-refractivity contribution >= 4 is 17.9 Å². The molecule has 0 aliphatic heterocycles. The molecule has 9 heteroatoms. The van der Waals surface area contributed by atoms with Gasteiger partial charge in [0.2, 0.25) is 17.4 Å². The van der Waals surface area contributed by atoms with Crippen LogP contribution in [-0.2, 0) is 27.8 Å². The van der Waals surface area contributed by atoms with Gasteiger partial charge in [0, 0.05) is 25.7 Å². The van der Waals surface area contributed by atoms with E-state index >= 15 is 0 Å². The molecule has 3 rings (SSSR count). The fourth-order valence-electron chi connectivity index (χ4n) is 4.59. The summed E-state index contributed by atoms with van der Waals surface area (Å²) in [6.45, 7) is 5.29. The van der Waals surface area contributed by atoms with Gasteiger partial charge in [-0.1, -0.05) is 49.9 Å². The predicted molar refractivity (Wildman–Crippen MR) is 142 cm³/mol. The largest absolute Gasteiger partial charge is 0.444 e. The maximum atomic E-state index is 13.6. The highest BCUT2D eigenvalue weighted by Gasteiger charge is 2.42. The van der Waals surface area contributed by atoms with E-state index < -0.39 is 35.1 Å². The molecule has 3 amide bonds. The van der Waals surface area contributed by atoms with Gasteiger partial charge in [-0.2, -0.15) is 0 Å². The molecule has 1 atom stereocenters. The number of primary amides is 1. The van der Waals surface area contributed by atoms with Crippen LogP contribution in [-0.4, -0.2) is 39.7 Å². The van der Waals surface area contributed by atoms with Gasteiger partial charge in [0.05, 0.1) is 0 Å². The zero-order valence-electron chi connectivity index (χ0n) is 22.1. The van der Waals surface area contributed by atoms with Crippen molar-refractivity contribution in [2.24, 2.45) is 12.8 Å². The average molecular weight is 511 g/mol. The van der Waals surface area contributed by atoms with Crippen molar-refractivity contribution in [2.45, 2.75) is 82.9 Å². The van der Waals surface area contributed by atoms with E-state index in [9.17, 15) is 19.2 Å². The summed E-state index contributed by atoms with van der Waals surface area (Å²) in [4.78, 5) is 50.2. The van der Waals surface area contributed by atoms with Gasteiger partial charge in [-0.3, -0.25) is 14.4 Å². The molecule has 1 heterocycles. The third kappa shape index (κ3) is 7.68. The molecule has 0 spiro atoms. The van der Waals surface area contributed by atoms with Crippen LogP contribution in [0.3, 0.4) is 0 Å². The number of hydrogen-bond acceptors (Lipinski definition) is 5. The summed E-state index contributed by atoms with van der Waals surface area (Å²) in [5, 5.41) is 5.63. The Bertz CT molecular complexity index is 1170. The lowest BCUT2D eigenvalue weighted by molar-refractivity contribution is -0.132. The number of carbonyl (C=O) groups excluding carboxylic acids is 3. The molecule has 0 radical (unpaired) electrons. The SMILES string of the molecule is Cn1cc(-c2ccc(CC(NC(=O)C3(NC(=O)OC(C)(C)C)CCCCCC3)C(N)=O)cc2)ccc1=O. The third-order valence-electron chi connectivity index (χ3n) is 6.59. The highest BCUT2D eigenvalue weighted by molar-refractivity contribution is 5.94. The maximum Gasteiger partial charge on any atom is 0.408 e. The lowest BCUT2D eigenvalue weighted by Crippen LogP contribution is -2.62. The highest BCUT2D eigenvalue weighted by atomic mass is 16.6. The molecule has 1 fully saturated rings. The Hall–Kier alpha value is -3.62. The van der Waals surface area contributed by atoms with Crippen LogP contribution >= 0.6 is 0 Å². The first-order valence-electron chi connectivity index (χ1n) is 12.8. The van der Waals surface area contributed by atoms with Crippen molar-refractivity contribution in [1.29, 1.82) is 0 Å². The molecule has 200 valence electrons. The summed E-state index contributed by atoms with van der Waals surface area (Å²) in [6.07, 6.45) is 5.70. The number of hydrogen-bond donors (Lipinski definition) is 3. The zero-order chi connectivity index (χ0) is 27.2. The summed E-state index contributed by atoms with van der Waals surface area (Å²) in [7, 11) is 1.69. The molecule has 4 N–H and O–H groups in total. The van der Waals surface area contributed by atoms with Crippen LogP contribution in [0.1, 0.15) is 64.9 Å². The van der Waals surface area contributed by atoms with Crippen molar-refractivity contribution in [1.82, 2.24) is 15.2 Å². The molecule has 1 saturated carbocycles. The van der Waals surface area contributed by atoms with Gasteiger partial charge in [0.25, 0.3) is 0 Å². The van der Waals surface area contributed by atoms with Gasteiger partial charge in [0.1, 0.15) is 17.2 Å². The number of ether oxygens (including phenoxy) is 1. The van der Waals surface area contributed by atoms with Crippen LogP contribution in [0.4, 0.5) is 4.79 Å². The molecule has 2 aromatic rings. The Morgan fingerprint density at radius 3 is 2.14 bits per heavy atom. The van der Waals surface area contributed by atoms with E-state index in [1.807, 2.05) is 24.3 Å². The van der Waals surface area contributed by atoms with Gasteiger partial charge in [-0.15, -0.1) is 0 Å². The Labute approximate surface area is 217 Å². The fraction of sp³-hybridized carbons (Fsp3) is 0.500. The van der Waals surface area contributed by atoms with Crippen LogP contribution in [0.15, 0.2) is 47.4 Å². The standard InChI is InChI=1S/C28H38N4O5/c1-27(2,3)37-26(36)31-28(15-7-5-6-8-16-28)25(35)30-22(24(29)34)17-19-9-11-20(12-10-19)21-13-14-23(33)32(4)18-21/h9-14,18,22H,5-8,15-17H2,1-4H3,(H2,29,34)(H,30,35)(H,31,36). The molecular weight excluding hydrogens is 472 g/mol. The van der Waals surface area contributed by atoms with Gasteiger partial charge in [-0.05, 0) is 56.4 Å². The molecule has 1 aliphatic carbocycles. The predicted octanol–water partition coefficient (Wildman–Crippen LogP) is 3.18. The molecule has 0 bridgehead atoms. The monoisotopic (exact) mass is 510 g/mol. The maximum absolute atomic E-state index is 13.6. The van der Waals surface area contributed by atoms with Crippen LogP contribution in [0.25, 0.3) is 11.1 Å². The molecule has 1 aliphatic rings. The molecular formula is C28H38N4O5. The molecule has 1 aromatic carbocycles. The second kappa shape index (κ2) is 11.6. The van der Waals surface area contributed by atoms with E-state index in [0.29, 0.717) is 12.8 Å². The molecule has 37 heavy (non-hydrogen) atoms. The number of aromatic nitrogens is 1. The summed E-state index contributed by atoms with van der Waals surface area (Å²) in [6, 6.07) is 9.84. The van der Waals surface area contributed by atoms with Crippen molar-refractivity contribution in [3.8, 4) is 11.1 Å². The minimum Gasteiger partial charge on any atom is -0.444 e.